The molecule has 1 N–H and O–H groups in total. The Morgan fingerprint density at radius 1 is 1.16 bits per heavy atom. The molecule has 0 saturated carbocycles. The Kier molecular flexibility index (Phi) is 6.26. The molecule has 8 heteroatoms. The topological polar surface area (TPSA) is 61.8 Å². The van der Waals surface area contributed by atoms with E-state index in [1.807, 2.05) is 41.8 Å². The normalized spacial score (nSPS) is 15.6. The molecule has 0 radical (unpaired) electrons. The van der Waals surface area contributed by atoms with E-state index in [-0.39, 0.29) is 24.9 Å². The summed E-state index contributed by atoms with van der Waals surface area (Å²) in [6.45, 7) is 0.534. The Bertz CT molecular complexity index is 1180. The first-order chi connectivity index (χ1) is 15.6. The Hall–Kier alpha value is -2.29. The number of aryl methyl sites for hydroxylation is 1. The number of amides is 2. The Morgan fingerprint density at radius 2 is 1.97 bits per heavy atom. The highest BCUT2D eigenvalue weighted by molar-refractivity contribution is 9.10. The highest BCUT2D eigenvalue weighted by atomic mass is 79.9. The Labute approximate surface area is 203 Å². The van der Waals surface area contributed by atoms with Crippen LogP contribution < -0.4 is 10.2 Å². The van der Waals surface area contributed by atoms with Gasteiger partial charge in [0.1, 0.15) is 18.1 Å². The average molecular weight is 528 g/mol. The van der Waals surface area contributed by atoms with Crippen LogP contribution in [0.5, 0.6) is 0 Å². The van der Waals surface area contributed by atoms with Crippen molar-refractivity contribution < 1.29 is 9.59 Å². The number of halogens is 1. The van der Waals surface area contributed by atoms with Crippen LogP contribution in [-0.2, 0) is 29.0 Å². The number of benzene rings is 1. The first-order valence-corrected chi connectivity index (χ1v) is 13.1. The molecule has 2 aromatic heterocycles. The minimum Gasteiger partial charge on any atom is -0.350 e. The van der Waals surface area contributed by atoms with Crippen molar-refractivity contribution in [3.63, 3.8) is 0 Å². The van der Waals surface area contributed by atoms with Crippen molar-refractivity contribution in [2.24, 2.45) is 4.99 Å². The van der Waals surface area contributed by atoms with Crippen molar-refractivity contribution in [1.29, 1.82) is 0 Å². The van der Waals surface area contributed by atoms with Gasteiger partial charge in [-0.25, -0.2) is 0 Å². The Balaban J connectivity index is 1.49. The fourth-order valence-corrected chi connectivity index (χ4v) is 6.53. The summed E-state index contributed by atoms with van der Waals surface area (Å²) in [7, 11) is 0. The van der Waals surface area contributed by atoms with E-state index in [0.717, 1.165) is 56.9 Å². The molecule has 2 aliphatic rings. The second-order valence-electron chi connectivity index (χ2n) is 7.90. The van der Waals surface area contributed by atoms with Gasteiger partial charge >= 0.3 is 0 Å². The van der Waals surface area contributed by atoms with Gasteiger partial charge in [0.2, 0.25) is 11.8 Å². The van der Waals surface area contributed by atoms with Crippen LogP contribution in [0.2, 0.25) is 0 Å². The summed E-state index contributed by atoms with van der Waals surface area (Å²) < 4.78 is 1.00. The van der Waals surface area contributed by atoms with Crippen LogP contribution in [0.4, 0.5) is 5.00 Å². The van der Waals surface area contributed by atoms with Crippen molar-refractivity contribution in [1.82, 2.24) is 5.32 Å². The van der Waals surface area contributed by atoms with Crippen LogP contribution in [0.25, 0.3) is 0 Å². The number of nitrogens with zero attached hydrogens (tertiary/aromatic N) is 2. The molecule has 3 aromatic rings. The van der Waals surface area contributed by atoms with Crippen LogP contribution in [-0.4, -0.2) is 30.6 Å². The quantitative estimate of drug-likeness (QED) is 0.510. The number of thiophene rings is 2. The van der Waals surface area contributed by atoms with Gasteiger partial charge in [-0.2, -0.15) is 0 Å². The molecular weight excluding hydrogens is 506 g/mol. The van der Waals surface area contributed by atoms with Gasteiger partial charge in [0.05, 0.1) is 12.3 Å². The monoisotopic (exact) mass is 527 g/mol. The highest BCUT2D eigenvalue weighted by Crippen LogP contribution is 2.42. The summed E-state index contributed by atoms with van der Waals surface area (Å²) >= 11 is 6.77. The molecule has 0 bridgehead atoms. The molecule has 0 fully saturated rings. The van der Waals surface area contributed by atoms with Gasteiger partial charge in [-0.1, -0.05) is 34.1 Å². The zero-order valence-corrected chi connectivity index (χ0v) is 20.6. The summed E-state index contributed by atoms with van der Waals surface area (Å²) in [5.74, 6) is -0.292. The predicted octanol–water partition coefficient (Wildman–Crippen LogP) is 4.95. The molecule has 0 unspecified atom stereocenters. The number of hydrogen-bond acceptors (Lipinski definition) is 5. The van der Waals surface area contributed by atoms with E-state index in [9.17, 15) is 9.59 Å². The van der Waals surface area contributed by atoms with Crippen LogP contribution in [0, 0.1) is 0 Å². The summed E-state index contributed by atoms with van der Waals surface area (Å²) in [5, 5.41) is 5.81. The van der Waals surface area contributed by atoms with Crippen molar-refractivity contribution in [3.05, 3.63) is 72.7 Å². The van der Waals surface area contributed by atoms with Crippen LogP contribution in [0.1, 0.15) is 39.3 Å². The number of hydrogen-bond donors (Lipinski definition) is 1. The average Bonchev–Trinajstić information content (AvgIpc) is 3.43. The van der Waals surface area contributed by atoms with Gasteiger partial charge in [0.25, 0.3) is 0 Å². The number of fused-ring (bicyclic) bond motifs is 3. The van der Waals surface area contributed by atoms with Gasteiger partial charge in [-0.15, -0.1) is 22.7 Å². The van der Waals surface area contributed by atoms with E-state index in [2.05, 4.69) is 21.2 Å². The number of rotatable bonds is 5. The lowest BCUT2D eigenvalue weighted by atomic mass is 9.91. The molecule has 1 aromatic carbocycles. The molecule has 5 rings (SSSR count). The Morgan fingerprint density at radius 3 is 2.75 bits per heavy atom. The van der Waals surface area contributed by atoms with E-state index >= 15 is 0 Å². The van der Waals surface area contributed by atoms with E-state index in [0.29, 0.717) is 6.54 Å². The number of anilines is 1. The van der Waals surface area contributed by atoms with Gasteiger partial charge in [-0.3, -0.25) is 19.5 Å². The molecular formula is C24H22BrN3O2S2. The highest BCUT2D eigenvalue weighted by Gasteiger charge is 2.33. The summed E-state index contributed by atoms with van der Waals surface area (Å²) in [6, 6.07) is 12.0. The van der Waals surface area contributed by atoms with E-state index in [1.54, 1.807) is 27.6 Å². The van der Waals surface area contributed by atoms with Crippen molar-refractivity contribution in [3.8, 4) is 0 Å². The van der Waals surface area contributed by atoms with Gasteiger partial charge < -0.3 is 5.32 Å². The zero-order valence-electron chi connectivity index (χ0n) is 17.4. The molecule has 3 heterocycles. The lowest BCUT2D eigenvalue weighted by molar-refractivity contribution is -0.123. The molecule has 2 amide bonds. The van der Waals surface area contributed by atoms with E-state index in [4.69, 9.17) is 4.99 Å². The van der Waals surface area contributed by atoms with Crippen molar-refractivity contribution in [2.75, 3.05) is 18.0 Å². The van der Waals surface area contributed by atoms with Crippen LogP contribution in [0.15, 0.2) is 51.2 Å². The lowest BCUT2D eigenvalue weighted by Crippen LogP contribution is -2.41. The number of carbonyl (C=O) groups excluding carboxylic acids is 2. The fourth-order valence-electron chi connectivity index (χ4n) is 4.21. The predicted molar refractivity (Wildman–Crippen MR) is 134 cm³/mol. The minimum absolute atomic E-state index is 0.0136. The molecule has 5 nitrogen and oxygen atoms in total. The first kappa shape index (κ1) is 21.6. The minimum atomic E-state index is -0.156. The van der Waals surface area contributed by atoms with Crippen molar-refractivity contribution in [2.45, 2.75) is 32.2 Å². The molecule has 0 saturated heterocycles. The third-order valence-electron chi connectivity index (χ3n) is 5.77. The zero-order chi connectivity index (χ0) is 22.1. The maximum Gasteiger partial charge on any atom is 0.249 e. The van der Waals surface area contributed by atoms with E-state index in [1.165, 1.54) is 10.4 Å². The van der Waals surface area contributed by atoms with Crippen LogP contribution >= 0.6 is 38.6 Å². The smallest absolute Gasteiger partial charge is 0.249 e. The maximum atomic E-state index is 13.1. The summed E-state index contributed by atoms with van der Waals surface area (Å²) in [4.78, 5) is 34.7. The molecule has 164 valence electrons. The van der Waals surface area contributed by atoms with Gasteiger partial charge in [0, 0.05) is 25.4 Å². The maximum absolute atomic E-state index is 13.1. The SMILES string of the molecule is O=C(CN1C(=O)CN=C(c2ccc(Br)cc2)c2c1sc1c2CCCC1)NCc1cccs1. The summed E-state index contributed by atoms with van der Waals surface area (Å²) in [6.07, 6.45) is 4.31. The number of nitrogens with one attached hydrogen (secondary N) is 1. The molecule has 32 heavy (non-hydrogen) atoms. The van der Waals surface area contributed by atoms with Gasteiger partial charge in [-0.05, 0) is 54.8 Å². The van der Waals surface area contributed by atoms with Crippen LogP contribution in [0.3, 0.4) is 0 Å². The fraction of sp³-hybridized carbons (Fsp3) is 0.292. The molecule has 1 aliphatic carbocycles. The largest absolute Gasteiger partial charge is 0.350 e. The van der Waals surface area contributed by atoms with Gasteiger partial charge in [0.15, 0.2) is 0 Å². The molecule has 1 aliphatic heterocycles. The lowest BCUT2D eigenvalue weighted by Gasteiger charge is -2.20. The standard InChI is InChI=1S/C24H22BrN3O2S2/c25-16-9-7-15(8-10-16)23-22-18-5-1-2-6-19(18)32-24(22)28(21(30)13-27-23)14-20(29)26-12-17-4-3-11-31-17/h3-4,7-11H,1-2,5-6,12-14H2,(H,26,29). The number of carbonyl (C=O) groups is 2. The van der Waals surface area contributed by atoms with E-state index < -0.39 is 0 Å². The third kappa shape index (κ3) is 4.31. The summed E-state index contributed by atoms with van der Waals surface area (Å²) in [5.41, 5.74) is 4.21. The third-order valence-corrected chi connectivity index (χ3v) is 8.49. The second-order valence-corrected chi connectivity index (χ2v) is 10.9. The van der Waals surface area contributed by atoms with Crippen molar-refractivity contribution >= 4 is 61.1 Å². The second kappa shape index (κ2) is 9.29. The first-order valence-electron chi connectivity index (χ1n) is 10.6. The molecule has 0 spiro atoms. The molecule has 0 atom stereocenters. The number of aliphatic imine (C=N–C) groups is 1.